The molecule has 4 fully saturated rings. The monoisotopic (exact) mass is 485 g/mol. The number of nitrogens with one attached hydrogen (secondary N) is 2. The maximum atomic E-state index is 13.2. The molecule has 6 nitrogen and oxygen atoms in total. The molecule has 0 bridgehead atoms. The molecule has 1 heterocycles. The van der Waals surface area contributed by atoms with Crippen molar-refractivity contribution in [3.8, 4) is 0 Å². The van der Waals surface area contributed by atoms with Gasteiger partial charge in [-0.2, -0.15) is 13.2 Å². The first kappa shape index (κ1) is 25.3. The number of carbonyl (C=O) groups excluding carboxylic acids is 3. The van der Waals surface area contributed by atoms with Gasteiger partial charge < -0.3 is 16.4 Å². The van der Waals surface area contributed by atoms with Gasteiger partial charge in [-0.15, -0.1) is 0 Å². The molecule has 9 atom stereocenters. The van der Waals surface area contributed by atoms with Gasteiger partial charge in [-0.25, -0.2) is 0 Å². The van der Waals surface area contributed by atoms with Crippen molar-refractivity contribution >= 4 is 17.7 Å². The summed E-state index contributed by atoms with van der Waals surface area (Å²) in [6.45, 7) is 6.67. The summed E-state index contributed by atoms with van der Waals surface area (Å²) in [7, 11) is 0. The molecule has 1 saturated heterocycles. The highest BCUT2D eigenvalue weighted by atomic mass is 19.4. The van der Waals surface area contributed by atoms with Crippen LogP contribution >= 0.6 is 0 Å². The molecular formula is C25H38F3N3O3. The van der Waals surface area contributed by atoms with Crippen LogP contribution in [0.5, 0.6) is 0 Å². The van der Waals surface area contributed by atoms with Crippen LogP contribution in [0.3, 0.4) is 0 Å². The number of hydrogen-bond acceptors (Lipinski definition) is 3. The van der Waals surface area contributed by atoms with Crippen LogP contribution in [-0.4, -0.2) is 36.0 Å². The maximum Gasteiger partial charge on any atom is 0.393 e. The van der Waals surface area contributed by atoms with Gasteiger partial charge in [0, 0.05) is 29.8 Å². The van der Waals surface area contributed by atoms with Crippen molar-refractivity contribution in [3.63, 3.8) is 0 Å². The molecule has 0 aromatic rings. The number of carbonyl (C=O) groups is 3. The number of primary amides is 1. The van der Waals surface area contributed by atoms with Crippen molar-refractivity contribution in [2.24, 2.45) is 45.7 Å². The van der Waals surface area contributed by atoms with Gasteiger partial charge in [0.1, 0.15) is 0 Å². The average molecular weight is 486 g/mol. The lowest BCUT2D eigenvalue weighted by Crippen LogP contribution is -2.70. The second kappa shape index (κ2) is 8.12. The Kier molecular flexibility index (Phi) is 6.04. The second-order valence-corrected chi connectivity index (χ2v) is 11.9. The van der Waals surface area contributed by atoms with Gasteiger partial charge in [0.2, 0.25) is 17.7 Å². The molecule has 4 rings (SSSR count). The van der Waals surface area contributed by atoms with Crippen LogP contribution in [0.1, 0.15) is 79.1 Å². The topological polar surface area (TPSA) is 101 Å². The Hall–Kier alpha value is -1.80. The Morgan fingerprint density at radius 1 is 1.06 bits per heavy atom. The minimum Gasteiger partial charge on any atom is -0.369 e. The fourth-order valence-corrected chi connectivity index (χ4v) is 8.43. The molecule has 4 N–H and O–H groups in total. The first-order valence-electron chi connectivity index (χ1n) is 12.6. The van der Waals surface area contributed by atoms with Gasteiger partial charge in [0.15, 0.2) is 0 Å². The lowest BCUT2D eigenvalue weighted by Gasteiger charge is -2.65. The number of amides is 3. The normalized spacial score (nSPS) is 43.6. The summed E-state index contributed by atoms with van der Waals surface area (Å²) < 4.78 is 39.4. The molecule has 0 aromatic carbocycles. The summed E-state index contributed by atoms with van der Waals surface area (Å²) in [5, 5.41) is 5.76. The fraction of sp³-hybridized carbons (Fsp3) is 0.880. The van der Waals surface area contributed by atoms with Gasteiger partial charge in [-0.1, -0.05) is 20.8 Å². The van der Waals surface area contributed by atoms with Crippen molar-refractivity contribution in [2.75, 3.05) is 0 Å². The maximum absolute atomic E-state index is 13.2. The molecule has 34 heavy (non-hydrogen) atoms. The Bertz CT molecular complexity index is 879. The van der Waals surface area contributed by atoms with E-state index in [1.54, 1.807) is 0 Å². The van der Waals surface area contributed by atoms with Gasteiger partial charge in [0.05, 0.1) is 11.3 Å². The first-order valence-corrected chi connectivity index (χ1v) is 12.6. The van der Waals surface area contributed by atoms with E-state index >= 15 is 0 Å². The van der Waals surface area contributed by atoms with Crippen LogP contribution in [-0.2, 0) is 14.4 Å². The van der Waals surface area contributed by atoms with Crippen LogP contribution in [0.4, 0.5) is 13.2 Å². The van der Waals surface area contributed by atoms with E-state index in [4.69, 9.17) is 5.73 Å². The van der Waals surface area contributed by atoms with Crippen LogP contribution in [0.15, 0.2) is 0 Å². The van der Waals surface area contributed by atoms with Crippen molar-refractivity contribution in [3.05, 3.63) is 0 Å². The van der Waals surface area contributed by atoms with E-state index in [-0.39, 0.29) is 41.5 Å². The molecular weight excluding hydrogens is 447 g/mol. The summed E-state index contributed by atoms with van der Waals surface area (Å²) in [6.07, 6.45) is 0.651. The highest BCUT2D eigenvalue weighted by Gasteiger charge is 2.70. The SMILES string of the molecule is CC(NC(=O)C1CC[C@H]2[C@@H]3CCC4NC(=O)CC[C@]4(C)[C@]3(C(N)=O)CC[C@]12C)C(C)C(F)(F)F. The fourth-order valence-electron chi connectivity index (χ4n) is 8.43. The number of nitrogens with two attached hydrogens (primary N) is 1. The van der Waals surface area contributed by atoms with Gasteiger partial charge in [0.25, 0.3) is 0 Å². The third kappa shape index (κ3) is 3.47. The third-order valence-corrected chi connectivity index (χ3v) is 10.7. The standard InChI is InChI=1S/C25H38F3N3O3/c1-13(25(26,27)28)14(2)30-20(33)17-6-5-15-16-7-8-18-23(4,10-9-19(32)31-18)24(16,21(29)34)12-11-22(15,17)3/h13-18H,5-12H2,1-4H3,(H2,29,34)(H,30,33)(H,31,32)/t13?,14?,15-,16-,17?,18?,22-,23-,24+/m0/s1. The summed E-state index contributed by atoms with van der Waals surface area (Å²) in [6, 6.07) is -1.10. The molecule has 0 spiro atoms. The van der Waals surface area contributed by atoms with E-state index in [1.807, 2.05) is 0 Å². The van der Waals surface area contributed by atoms with Gasteiger partial charge >= 0.3 is 6.18 Å². The first-order chi connectivity index (χ1) is 15.7. The molecule has 0 radical (unpaired) electrons. The number of hydrogen-bond donors (Lipinski definition) is 3. The molecule has 192 valence electrons. The van der Waals surface area contributed by atoms with E-state index in [2.05, 4.69) is 24.5 Å². The van der Waals surface area contributed by atoms with E-state index in [0.717, 1.165) is 26.2 Å². The van der Waals surface area contributed by atoms with E-state index < -0.39 is 34.4 Å². The van der Waals surface area contributed by atoms with Crippen LogP contribution in [0.25, 0.3) is 0 Å². The zero-order valence-electron chi connectivity index (χ0n) is 20.6. The zero-order valence-corrected chi connectivity index (χ0v) is 20.6. The van der Waals surface area contributed by atoms with Crippen molar-refractivity contribution in [1.29, 1.82) is 0 Å². The second-order valence-electron chi connectivity index (χ2n) is 11.9. The number of alkyl halides is 3. The molecule has 3 saturated carbocycles. The quantitative estimate of drug-likeness (QED) is 0.566. The molecule has 0 aromatic heterocycles. The summed E-state index contributed by atoms with van der Waals surface area (Å²) in [5.41, 5.74) is 4.58. The van der Waals surface area contributed by atoms with E-state index in [1.165, 1.54) is 6.92 Å². The largest absolute Gasteiger partial charge is 0.393 e. The van der Waals surface area contributed by atoms with Crippen molar-refractivity contribution in [2.45, 2.75) is 97.3 Å². The molecule has 9 heteroatoms. The Balaban J connectivity index is 1.60. The minimum atomic E-state index is -4.37. The summed E-state index contributed by atoms with van der Waals surface area (Å²) >= 11 is 0. The van der Waals surface area contributed by atoms with Gasteiger partial charge in [-0.05, 0) is 69.1 Å². The lowest BCUT2D eigenvalue weighted by molar-refractivity contribution is -0.186. The molecule has 3 aliphatic carbocycles. The molecule has 4 aliphatic rings. The predicted molar refractivity (Wildman–Crippen MR) is 120 cm³/mol. The van der Waals surface area contributed by atoms with Crippen molar-refractivity contribution < 1.29 is 27.6 Å². The van der Waals surface area contributed by atoms with Crippen LogP contribution in [0.2, 0.25) is 0 Å². The predicted octanol–water partition coefficient (Wildman–Crippen LogP) is 3.68. The summed E-state index contributed by atoms with van der Waals surface area (Å²) in [5.74, 6) is -2.54. The molecule has 4 unspecified atom stereocenters. The highest BCUT2D eigenvalue weighted by molar-refractivity contribution is 5.85. The molecule has 1 aliphatic heterocycles. The van der Waals surface area contributed by atoms with E-state index in [9.17, 15) is 27.6 Å². The number of rotatable bonds is 4. The lowest BCUT2D eigenvalue weighted by atomic mass is 9.39. The number of piperidine rings is 1. The highest BCUT2D eigenvalue weighted by Crippen LogP contribution is 2.70. The van der Waals surface area contributed by atoms with E-state index in [0.29, 0.717) is 32.1 Å². The summed E-state index contributed by atoms with van der Waals surface area (Å²) in [4.78, 5) is 38.5. The van der Waals surface area contributed by atoms with Crippen LogP contribution in [0, 0.1) is 39.9 Å². The Labute approximate surface area is 199 Å². The van der Waals surface area contributed by atoms with Crippen molar-refractivity contribution in [1.82, 2.24) is 10.6 Å². The van der Waals surface area contributed by atoms with Gasteiger partial charge in [-0.3, -0.25) is 14.4 Å². The zero-order chi connectivity index (χ0) is 25.3. The van der Waals surface area contributed by atoms with Crippen LogP contribution < -0.4 is 16.4 Å². The smallest absolute Gasteiger partial charge is 0.369 e. The Morgan fingerprint density at radius 2 is 1.71 bits per heavy atom. The Morgan fingerprint density at radius 3 is 2.32 bits per heavy atom. The number of halogens is 3. The third-order valence-electron chi connectivity index (χ3n) is 10.7. The minimum absolute atomic E-state index is 0.00400. The molecule has 3 amide bonds. The number of fused-ring (bicyclic) bond motifs is 5. The average Bonchev–Trinajstić information content (AvgIpc) is 3.09.